The zero-order chi connectivity index (χ0) is 13.2. The second-order valence-electron chi connectivity index (χ2n) is 4.95. The molecule has 0 N–H and O–H groups in total. The van der Waals surface area contributed by atoms with Crippen molar-refractivity contribution < 1.29 is 12.8 Å². The van der Waals surface area contributed by atoms with Gasteiger partial charge >= 0.3 is 0 Å². The topological polar surface area (TPSA) is 37.4 Å². The van der Waals surface area contributed by atoms with Gasteiger partial charge < -0.3 is 0 Å². The van der Waals surface area contributed by atoms with Gasteiger partial charge in [0.05, 0.1) is 5.75 Å². The standard InChI is InChI=1S/C13H18FNO2S/c1-11-5-4-8-15(9-11)18(16,17)10-12-6-2-3-7-13(12)14/h2-3,6-7,11H,4-5,8-10H2,1H3/t11-/m1/s1. The van der Waals surface area contributed by atoms with Crippen LogP contribution in [-0.4, -0.2) is 25.8 Å². The van der Waals surface area contributed by atoms with Crippen LogP contribution in [0.4, 0.5) is 4.39 Å². The van der Waals surface area contributed by atoms with Crippen LogP contribution in [0.3, 0.4) is 0 Å². The third-order valence-corrected chi connectivity index (χ3v) is 5.10. The average molecular weight is 271 g/mol. The smallest absolute Gasteiger partial charge is 0.212 e. The summed E-state index contributed by atoms with van der Waals surface area (Å²) in [6.45, 7) is 3.16. The molecule has 0 unspecified atom stereocenters. The van der Waals surface area contributed by atoms with E-state index in [1.165, 1.54) is 16.4 Å². The summed E-state index contributed by atoms with van der Waals surface area (Å²) < 4.78 is 39.4. The summed E-state index contributed by atoms with van der Waals surface area (Å²) in [7, 11) is -3.40. The van der Waals surface area contributed by atoms with E-state index in [1.807, 2.05) is 6.92 Å². The lowest BCUT2D eigenvalue weighted by Crippen LogP contribution is -2.39. The van der Waals surface area contributed by atoms with Crippen molar-refractivity contribution in [1.82, 2.24) is 4.31 Å². The van der Waals surface area contributed by atoms with Crippen molar-refractivity contribution in [3.05, 3.63) is 35.6 Å². The lowest BCUT2D eigenvalue weighted by atomic mass is 10.0. The number of piperidine rings is 1. The summed E-state index contributed by atoms with van der Waals surface area (Å²) in [5, 5.41) is 0. The molecule has 1 heterocycles. The highest BCUT2D eigenvalue weighted by atomic mass is 32.2. The van der Waals surface area contributed by atoms with E-state index < -0.39 is 15.8 Å². The second-order valence-corrected chi connectivity index (χ2v) is 6.92. The van der Waals surface area contributed by atoms with Gasteiger partial charge in [-0.2, -0.15) is 0 Å². The van der Waals surface area contributed by atoms with Gasteiger partial charge in [-0.15, -0.1) is 0 Å². The highest BCUT2D eigenvalue weighted by Crippen LogP contribution is 2.21. The normalized spacial score (nSPS) is 22.0. The highest BCUT2D eigenvalue weighted by Gasteiger charge is 2.27. The summed E-state index contributed by atoms with van der Waals surface area (Å²) >= 11 is 0. The Bertz CT molecular complexity index is 515. The maximum Gasteiger partial charge on any atom is 0.218 e. The van der Waals surface area contributed by atoms with Crippen LogP contribution in [0.25, 0.3) is 0 Å². The predicted octanol–water partition coefficient (Wildman–Crippen LogP) is 2.39. The summed E-state index contributed by atoms with van der Waals surface area (Å²) in [5.41, 5.74) is 0.246. The van der Waals surface area contributed by atoms with Crippen molar-refractivity contribution in [2.75, 3.05) is 13.1 Å². The monoisotopic (exact) mass is 271 g/mol. The minimum atomic E-state index is -3.40. The lowest BCUT2D eigenvalue weighted by molar-refractivity contribution is 0.281. The minimum absolute atomic E-state index is 0.244. The van der Waals surface area contributed by atoms with Crippen molar-refractivity contribution in [2.45, 2.75) is 25.5 Å². The van der Waals surface area contributed by atoms with Crippen molar-refractivity contribution in [3.8, 4) is 0 Å². The second kappa shape index (κ2) is 5.36. The Morgan fingerprint density at radius 1 is 1.39 bits per heavy atom. The van der Waals surface area contributed by atoms with E-state index in [4.69, 9.17) is 0 Å². The molecule has 5 heteroatoms. The molecule has 1 atom stereocenters. The number of sulfonamides is 1. The molecule has 0 aromatic heterocycles. The molecular formula is C13H18FNO2S. The Hall–Kier alpha value is -0.940. The molecule has 100 valence electrons. The summed E-state index contributed by atoms with van der Waals surface area (Å²) in [6, 6.07) is 6.05. The Labute approximate surface area is 108 Å². The first-order valence-corrected chi connectivity index (χ1v) is 7.81. The van der Waals surface area contributed by atoms with Crippen LogP contribution in [0.5, 0.6) is 0 Å². The van der Waals surface area contributed by atoms with Crippen LogP contribution in [0.15, 0.2) is 24.3 Å². The number of hydrogen-bond acceptors (Lipinski definition) is 2. The van der Waals surface area contributed by atoms with Crippen molar-refractivity contribution >= 4 is 10.0 Å². The van der Waals surface area contributed by atoms with Crippen LogP contribution in [0.2, 0.25) is 0 Å². The average Bonchev–Trinajstić information content (AvgIpc) is 2.32. The van der Waals surface area contributed by atoms with E-state index in [1.54, 1.807) is 12.1 Å². The molecule has 1 aliphatic heterocycles. The van der Waals surface area contributed by atoms with Crippen molar-refractivity contribution in [2.24, 2.45) is 5.92 Å². The molecule has 1 aromatic carbocycles. The fraction of sp³-hybridized carbons (Fsp3) is 0.538. The van der Waals surface area contributed by atoms with Gasteiger partial charge in [0.2, 0.25) is 10.0 Å². The molecule has 0 aliphatic carbocycles. The fourth-order valence-electron chi connectivity index (χ4n) is 2.30. The van der Waals surface area contributed by atoms with E-state index in [2.05, 4.69) is 0 Å². The van der Waals surface area contributed by atoms with Crippen molar-refractivity contribution in [1.29, 1.82) is 0 Å². The summed E-state index contributed by atoms with van der Waals surface area (Å²) in [5.74, 6) is -0.313. The molecule has 1 fully saturated rings. The van der Waals surface area contributed by atoms with Gasteiger partial charge in [-0.3, -0.25) is 0 Å². The van der Waals surface area contributed by atoms with Crippen LogP contribution in [0, 0.1) is 11.7 Å². The maximum atomic E-state index is 13.5. The van der Waals surface area contributed by atoms with Crippen LogP contribution in [-0.2, 0) is 15.8 Å². The van der Waals surface area contributed by atoms with E-state index in [-0.39, 0.29) is 11.3 Å². The molecule has 18 heavy (non-hydrogen) atoms. The van der Waals surface area contributed by atoms with E-state index >= 15 is 0 Å². The molecular weight excluding hydrogens is 253 g/mol. The van der Waals surface area contributed by atoms with Crippen LogP contribution < -0.4 is 0 Å². The first-order chi connectivity index (χ1) is 8.49. The molecule has 0 bridgehead atoms. The van der Waals surface area contributed by atoms with Gasteiger partial charge in [0.15, 0.2) is 0 Å². The number of rotatable bonds is 3. The molecule has 0 amide bonds. The Morgan fingerprint density at radius 3 is 2.78 bits per heavy atom. The molecule has 1 aromatic rings. The zero-order valence-electron chi connectivity index (χ0n) is 10.5. The zero-order valence-corrected chi connectivity index (χ0v) is 11.3. The van der Waals surface area contributed by atoms with Gasteiger partial charge in [0.25, 0.3) is 0 Å². The molecule has 2 rings (SSSR count). The number of nitrogens with zero attached hydrogens (tertiary/aromatic N) is 1. The third-order valence-electron chi connectivity index (χ3n) is 3.31. The van der Waals surface area contributed by atoms with Crippen LogP contribution >= 0.6 is 0 Å². The summed E-state index contributed by atoms with van der Waals surface area (Å²) in [4.78, 5) is 0. The van der Waals surface area contributed by atoms with Crippen molar-refractivity contribution in [3.63, 3.8) is 0 Å². The van der Waals surface area contributed by atoms with Gasteiger partial charge in [-0.1, -0.05) is 25.1 Å². The van der Waals surface area contributed by atoms with Gasteiger partial charge in [0, 0.05) is 18.7 Å². The Morgan fingerprint density at radius 2 is 2.11 bits per heavy atom. The number of hydrogen-bond donors (Lipinski definition) is 0. The SMILES string of the molecule is C[C@@H]1CCCN(S(=O)(=O)Cc2ccccc2F)C1. The highest BCUT2D eigenvalue weighted by molar-refractivity contribution is 7.88. The van der Waals surface area contributed by atoms with Gasteiger partial charge in [-0.25, -0.2) is 17.1 Å². The summed E-state index contributed by atoms with van der Waals surface area (Å²) in [6.07, 6.45) is 1.95. The lowest BCUT2D eigenvalue weighted by Gasteiger charge is -2.30. The minimum Gasteiger partial charge on any atom is -0.212 e. The first-order valence-electron chi connectivity index (χ1n) is 6.20. The first kappa shape index (κ1) is 13.5. The van der Waals surface area contributed by atoms with Crippen LogP contribution in [0.1, 0.15) is 25.3 Å². The molecule has 1 aliphatic rings. The number of halogens is 1. The Kier molecular flexibility index (Phi) is 4.02. The van der Waals surface area contributed by atoms with Gasteiger partial charge in [-0.05, 0) is 24.8 Å². The molecule has 0 saturated carbocycles. The molecule has 0 radical (unpaired) electrons. The largest absolute Gasteiger partial charge is 0.218 e. The molecule has 3 nitrogen and oxygen atoms in total. The quantitative estimate of drug-likeness (QED) is 0.846. The van der Waals surface area contributed by atoms with E-state index in [0.717, 1.165) is 12.8 Å². The van der Waals surface area contributed by atoms with Gasteiger partial charge in [0.1, 0.15) is 5.82 Å². The maximum absolute atomic E-state index is 13.5. The van der Waals surface area contributed by atoms with E-state index in [9.17, 15) is 12.8 Å². The molecule has 0 spiro atoms. The third kappa shape index (κ3) is 3.09. The fourth-order valence-corrected chi connectivity index (χ4v) is 4.00. The predicted molar refractivity (Wildman–Crippen MR) is 69.0 cm³/mol. The molecule has 1 saturated heterocycles. The Balaban J connectivity index is 2.14. The van der Waals surface area contributed by atoms with E-state index in [0.29, 0.717) is 19.0 Å². The number of benzene rings is 1.